The van der Waals surface area contributed by atoms with Crippen LogP contribution < -0.4 is 5.73 Å². The molecule has 1 aromatic carbocycles. The molecule has 0 amide bonds. The standard InChI is InChI=1S/C13H14FN3S/c1-8-5-9(2)17-13(16-8)18-7-10-3-4-11(14)6-12(10)15/h3-6H,7,15H2,1-2H3. The number of nitrogens with two attached hydrogens (primary N) is 1. The number of thioether (sulfide) groups is 1. The normalized spacial score (nSPS) is 10.6. The maximum absolute atomic E-state index is 12.9. The summed E-state index contributed by atoms with van der Waals surface area (Å²) in [7, 11) is 0. The van der Waals surface area contributed by atoms with Gasteiger partial charge in [0.2, 0.25) is 0 Å². The fourth-order valence-electron chi connectivity index (χ4n) is 1.60. The lowest BCUT2D eigenvalue weighted by Crippen LogP contribution is -1.96. The lowest BCUT2D eigenvalue weighted by molar-refractivity contribution is 0.628. The molecule has 3 nitrogen and oxygen atoms in total. The van der Waals surface area contributed by atoms with Crippen LogP contribution in [0.1, 0.15) is 17.0 Å². The molecule has 0 bridgehead atoms. The van der Waals surface area contributed by atoms with Crippen molar-refractivity contribution in [3.05, 3.63) is 47.0 Å². The van der Waals surface area contributed by atoms with Crippen LogP contribution in [0.5, 0.6) is 0 Å². The van der Waals surface area contributed by atoms with Gasteiger partial charge in [-0.05, 0) is 37.6 Å². The van der Waals surface area contributed by atoms with Crippen molar-refractivity contribution in [3.8, 4) is 0 Å². The molecular formula is C13H14FN3S. The summed E-state index contributed by atoms with van der Waals surface area (Å²) in [6.45, 7) is 3.87. The average Bonchev–Trinajstić information content (AvgIpc) is 2.26. The van der Waals surface area contributed by atoms with E-state index in [1.165, 1.54) is 23.9 Å². The SMILES string of the molecule is Cc1cc(C)nc(SCc2ccc(F)cc2N)n1. The van der Waals surface area contributed by atoms with E-state index in [0.717, 1.165) is 22.1 Å². The van der Waals surface area contributed by atoms with E-state index >= 15 is 0 Å². The molecule has 0 spiro atoms. The Hall–Kier alpha value is -1.62. The molecule has 1 heterocycles. The minimum atomic E-state index is -0.316. The first kappa shape index (κ1) is 12.8. The minimum absolute atomic E-state index is 0.316. The van der Waals surface area contributed by atoms with Crippen molar-refractivity contribution in [1.82, 2.24) is 9.97 Å². The van der Waals surface area contributed by atoms with Gasteiger partial charge in [0.1, 0.15) is 5.82 Å². The van der Waals surface area contributed by atoms with Gasteiger partial charge in [0, 0.05) is 22.8 Å². The molecule has 0 atom stereocenters. The van der Waals surface area contributed by atoms with Gasteiger partial charge in [0.05, 0.1) is 0 Å². The lowest BCUT2D eigenvalue weighted by Gasteiger charge is -2.06. The molecule has 1 aromatic heterocycles. The average molecular weight is 263 g/mol. The van der Waals surface area contributed by atoms with E-state index < -0.39 is 0 Å². The van der Waals surface area contributed by atoms with Gasteiger partial charge < -0.3 is 5.73 Å². The van der Waals surface area contributed by atoms with Gasteiger partial charge in [-0.2, -0.15) is 0 Å². The third-order valence-electron chi connectivity index (χ3n) is 2.43. The van der Waals surface area contributed by atoms with Crippen LogP contribution >= 0.6 is 11.8 Å². The van der Waals surface area contributed by atoms with Crippen LogP contribution in [0.2, 0.25) is 0 Å². The Balaban J connectivity index is 2.11. The summed E-state index contributed by atoms with van der Waals surface area (Å²) in [4.78, 5) is 8.67. The van der Waals surface area contributed by atoms with Crippen molar-refractivity contribution < 1.29 is 4.39 Å². The first-order chi connectivity index (χ1) is 8.54. The highest BCUT2D eigenvalue weighted by molar-refractivity contribution is 7.98. The largest absolute Gasteiger partial charge is 0.398 e. The Bertz CT molecular complexity index is 552. The number of benzene rings is 1. The molecular weight excluding hydrogens is 249 g/mol. The molecule has 94 valence electrons. The summed E-state index contributed by atoms with van der Waals surface area (Å²) in [5.41, 5.74) is 8.99. The second-order valence-electron chi connectivity index (χ2n) is 4.07. The summed E-state index contributed by atoms with van der Waals surface area (Å²) >= 11 is 1.50. The van der Waals surface area contributed by atoms with Crippen LogP contribution in [0.3, 0.4) is 0 Å². The van der Waals surface area contributed by atoms with Gasteiger partial charge in [-0.1, -0.05) is 17.8 Å². The zero-order valence-electron chi connectivity index (χ0n) is 10.3. The van der Waals surface area contributed by atoms with E-state index in [-0.39, 0.29) is 5.82 Å². The number of halogens is 1. The van der Waals surface area contributed by atoms with Gasteiger partial charge in [-0.15, -0.1) is 0 Å². The molecule has 2 rings (SSSR count). The number of hydrogen-bond donors (Lipinski definition) is 1. The van der Waals surface area contributed by atoms with Crippen molar-refractivity contribution >= 4 is 17.4 Å². The van der Waals surface area contributed by atoms with E-state index in [1.54, 1.807) is 6.07 Å². The zero-order chi connectivity index (χ0) is 13.1. The number of rotatable bonds is 3. The van der Waals surface area contributed by atoms with Crippen molar-refractivity contribution in [2.45, 2.75) is 24.8 Å². The molecule has 0 saturated carbocycles. The summed E-state index contributed by atoms with van der Waals surface area (Å²) in [6, 6.07) is 6.36. The highest BCUT2D eigenvalue weighted by Gasteiger charge is 2.05. The van der Waals surface area contributed by atoms with Crippen molar-refractivity contribution in [2.24, 2.45) is 0 Å². The van der Waals surface area contributed by atoms with Gasteiger partial charge >= 0.3 is 0 Å². The maximum Gasteiger partial charge on any atom is 0.188 e. The highest BCUT2D eigenvalue weighted by atomic mass is 32.2. The molecule has 5 heteroatoms. The number of aryl methyl sites for hydroxylation is 2. The van der Waals surface area contributed by atoms with Crippen LogP contribution in [-0.2, 0) is 5.75 Å². The zero-order valence-corrected chi connectivity index (χ0v) is 11.1. The second kappa shape index (κ2) is 5.35. The van der Waals surface area contributed by atoms with Crippen molar-refractivity contribution in [3.63, 3.8) is 0 Å². The molecule has 0 aliphatic rings. The first-order valence-corrected chi connectivity index (χ1v) is 6.52. The van der Waals surface area contributed by atoms with Gasteiger partial charge in [0.15, 0.2) is 5.16 Å². The quantitative estimate of drug-likeness (QED) is 0.525. The predicted octanol–water partition coefficient (Wildman–Crippen LogP) is 3.11. The van der Waals surface area contributed by atoms with Crippen LogP contribution in [0.4, 0.5) is 10.1 Å². The molecule has 0 aliphatic carbocycles. The van der Waals surface area contributed by atoms with E-state index in [4.69, 9.17) is 5.73 Å². The lowest BCUT2D eigenvalue weighted by atomic mass is 10.2. The highest BCUT2D eigenvalue weighted by Crippen LogP contribution is 2.23. The van der Waals surface area contributed by atoms with Crippen LogP contribution in [0.25, 0.3) is 0 Å². The summed E-state index contributed by atoms with van der Waals surface area (Å²) in [5, 5.41) is 0.719. The fourth-order valence-corrected chi connectivity index (χ4v) is 2.56. The predicted molar refractivity (Wildman–Crippen MR) is 71.9 cm³/mol. The van der Waals surface area contributed by atoms with Crippen LogP contribution in [0.15, 0.2) is 29.4 Å². The van der Waals surface area contributed by atoms with Crippen LogP contribution in [-0.4, -0.2) is 9.97 Å². The minimum Gasteiger partial charge on any atom is -0.398 e. The Morgan fingerprint density at radius 2 is 1.83 bits per heavy atom. The second-order valence-corrected chi connectivity index (χ2v) is 5.01. The summed E-state index contributed by atoms with van der Waals surface area (Å²) in [6.07, 6.45) is 0. The Morgan fingerprint density at radius 1 is 1.17 bits per heavy atom. The third-order valence-corrected chi connectivity index (χ3v) is 3.32. The first-order valence-electron chi connectivity index (χ1n) is 5.53. The van der Waals surface area contributed by atoms with E-state index in [2.05, 4.69) is 9.97 Å². The van der Waals surface area contributed by atoms with E-state index in [0.29, 0.717) is 11.4 Å². The number of anilines is 1. The summed E-state index contributed by atoms with van der Waals surface area (Å²) < 4.78 is 12.9. The number of hydrogen-bond acceptors (Lipinski definition) is 4. The van der Waals surface area contributed by atoms with Gasteiger partial charge in [0.25, 0.3) is 0 Å². The van der Waals surface area contributed by atoms with E-state index in [9.17, 15) is 4.39 Å². The topological polar surface area (TPSA) is 51.8 Å². The molecule has 0 aliphatic heterocycles. The molecule has 0 fully saturated rings. The van der Waals surface area contributed by atoms with Gasteiger partial charge in [-0.25, -0.2) is 14.4 Å². The number of aromatic nitrogens is 2. The molecule has 2 aromatic rings. The van der Waals surface area contributed by atoms with Crippen molar-refractivity contribution in [1.29, 1.82) is 0 Å². The fraction of sp³-hybridized carbons (Fsp3) is 0.231. The van der Waals surface area contributed by atoms with Gasteiger partial charge in [-0.3, -0.25) is 0 Å². The molecule has 0 saturated heterocycles. The molecule has 0 unspecified atom stereocenters. The maximum atomic E-state index is 12.9. The summed E-state index contributed by atoms with van der Waals surface area (Å²) in [5.74, 6) is 0.318. The third kappa shape index (κ3) is 3.20. The molecule has 0 radical (unpaired) electrons. The Morgan fingerprint density at radius 3 is 2.44 bits per heavy atom. The number of nitrogens with zero attached hydrogens (tertiary/aromatic N) is 2. The van der Waals surface area contributed by atoms with Crippen LogP contribution in [0, 0.1) is 19.7 Å². The Labute approximate surface area is 110 Å². The van der Waals surface area contributed by atoms with Crippen molar-refractivity contribution in [2.75, 3.05) is 5.73 Å². The molecule has 18 heavy (non-hydrogen) atoms. The Kier molecular flexibility index (Phi) is 3.81. The molecule has 2 N–H and O–H groups in total. The van der Waals surface area contributed by atoms with E-state index in [1.807, 2.05) is 19.9 Å². The monoisotopic (exact) mass is 263 g/mol. The smallest absolute Gasteiger partial charge is 0.188 e. The number of nitrogen functional groups attached to an aromatic ring is 1.